The summed E-state index contributed by atoms with van der Waals surface area (Å²) in [6, 6.07) is 27.8. The minimum atomic E-state index is -0.0641. The van der Waals surface area contributed by atoms with Crippen molar-refractivity contribution < 1.29 is 19.2 Å². The minimum absolute atomic E-state index is 0. The van der Waals surface area contributed by atoms with Crippen molar-refractivity contribution in [1.29, 1.82) is 0 Å². The third kappa shape index (κ3) is 3.62. The van der Waals surface area contributed by atoms with Gasteiger partial charge in [0.25, 0.3) is 0 Å². The van der Waals surface area contributed by atoms with Gasteiger partial charge in [0.2, 0.25) is 0 Å². The minimum Gasteiger partial charge on any atom is -0.289 e. The predicted molar refractivity (Wildman–Crippen MR) is 130 cm³/mol. The standard InChI is InChI=1S/2C14H8O2.H2S/c2*15-13-9-5-1-2-6-10(9)14(16)12-8-4-3-7-11(12)13;/h2*1-8H;1H2. The van der Waals surface area contributed by atoms with Crippen molar-refractivity contribution in [2.24, 2.45) is 0 Å². The van der Waals surface area contributed by atoms with Gasteiger partial charge in [-0.3, -0.25) is 19.2 Å². The average Bonchev–Trinajstić information content (AvgIpc) is 2.86. The maximum atomic E-state index is 12.1. The molecule has 33 heavy (non-hydrogen) atoms. The second-order valence-electron chi connectivity index (χ2n) is 7.50. The predicted octanol–water partition coefficient (Wildman–Crippen LogP) is 5.04. The van der Waals surface area contributed by atoms with Gasteiger partial charge in [0.05, 0.1) is 0 Å². The quantitative estimate of drug-likeness (QED) is 0.325. The molecule has 0 spiro atoms. The molecule has 5 heteroatoms. The molecule has 0 fully saturated rings. The number of ketones is 4. The molecule has 0 N–H and O–H groups in total. The van der Waals surface area contributed by atoms with Crippen molar-refractivity contribution in [3.05, 3.63) is 142 Å². The lowest BCUT2D eigenvalue weighted by Crippen LogP contribution is -2.20. The summed E-state index contributed by atoms with van der Waals surface area (Å²) in [5, 5.41) is 0. The lowest BCUT2D eigenvalue weighted by atomic mass is 9.84. The van der Waals surface area contributed by atoms with Crippen molar-refractivity contribution in [2.75, 3.05) is 0 Å². The van der Waals surface area contributed by atoms with Crippen LogP contribution in [0.25, 0.3) is 0 Å². The van der Waals surface area contributed by atoms with Gasteiger partial charge in [0.1, 0.15) is 0 Å². The molecular formula is C28H18O4S. The van der Waals surface area contributed by atoms with Gasteiger partial charge < -0.3 is 0 Å². The highest BCUT2D eigenvalue weighted by atomic mass is 32.1. The van der Waals surface area contributed by atoms with Crippen molar-refractivity contribution in [2.45, 2.75) is 0 Å². The third-order valence-electron chi connectivity index (χ3n) is 5.67. The van der Waals surface area contributed by atoms with Crippen LogP contribution < -0.4 is 0 Å². The molecule has 0 saturated heterocycles. The Morgan fingerprint density at radius 2 is 0.394 bits per heavy atom. The Labute approximate surface area is 197 Å². The Hall–Kier alpha value is -4.09. The third-order valence-corrected chi connectivity index (χ3v) is 5.67. The molecule has 4 aromatic rings. The molecule has 0 aliphatic heterocycles. The fourth-order valence-corrected chi connectivity index (χ4v) is 4.10. The van der Waals surface area contributed by atoms with Crippen LogP contribution >= 0.6 is 13.5 Å². The summed E-state index contributed by atoms with van der Waals surface area (Å²) in [5.41, 5.74) is 4.05. The molecule has 4 nitrogen and oxygen atoms in total. The molecule has 6 rings (SSSR count). The van der Waals surface area contributed by atoms with Gasteiger partial charge in [-0.05, 0) is 0 Å². The van der Waals surface area contributed by atoms with E-state index in [0.29, 0.717) is 44.5 Å². The Morgan fingerprint density at radius 3 is 0.515 bits per heavy atom. The fourth-order valence-electron chi connectivity index (χ4n) is 4.10. The molecule has 160 valence electrons. The van der Waals surface area contributed by atoms with E-state index < -0.39 is 0 Å². The maximum absolute atomic E-state index is 12.1. The first-order chi connectivity index (χ1) is 15.6. The first-order valence-corrected chi connectivity index (χ1v) is 10.1. The van der Waals surface area contributed by atoms with Gasteiger partial charge in [-0.25, -0.2) is 0 Å². The van der Waals surface area contributed by atoms with Crippen LogP contribution in [0.4, 0.5) is 0 Å². The van der Waals surface area contributed by atoms with Gasteiger partial charge in [-0.15, -0.1) is 0 Å². The Bertz CT molecular complexity index is 1130. The molecule has 2 aliphatic rings. The van der Waals surface area contributed by atoms with E-state index in [1.54, 1.807) is 97.1 Å². The first-order valence-electron chi connectivity index (χ1n) is 10.1. The largest absolute Gasteiger partial charge is 0.289 e. The molecule has 0 saturated carbocycles. The van der Waals surface area contributed by atoms with Crippen LogP contribution in [-0.2, 0) is 0 Å². The number of fused-ring (bicyclic) bond motifs is 4. The second-order valence-corrected chi connectivity index (χ2v) is 7.50. The summed E-state index contributed by atoms with van der Waals surface area (Å²) >= 11 is 0. The number of carbonyl (C=O) groups is 4. The smallest absolute Gasteiger partial charge is 0.194 e. The zero-order valence-electron chi connectivity index (χ0n) is 17.4. The highest BCUT2D eigenvalue weighted by Gasteiger charge is 2.29. The summed E-state index contributed by atoms with van der Waals surface area (Å²) in [6.45, 7) is 0. The van der Waals surface area contributed by atoms with Crippen molar-refractivity contribution in [3.63, 3.8) is 0 Å². The molecule has 0 unspecified atom stereocenters. The summed E-state index contributed by atoms with van der Waals surface area (Å²) in [4.78, 5) is 48.4. The normalized spacial score (nSPS) is 12.8. The van der Waals surface area contributed by atoms with Crippen LogP contribution in [0.5, 0.6) is 0 Å². The fraction of sp³-hybridized carbons (Fsp3) is 0. The van der Waals surface area contributed by atoms with Gasteiger partial charge in [0.15, 0.2) is 23.1 Å². The number of hydrogen-bond acceptors (Lipinski definition) is 4. The number of benzene rings is 4. The SMILES string of the molecule is O=C1c2ccccc2C(=O)c2ccccc21.O=C1c2ccccc2C(=O)c2ccccc21.S. The summed E-state index contributed by atoms with van der Waals surface area (Å²) in [7, 11) is 0. The molecule has 2 aliphatic carbocycles. The van der Waals surface area contributed by atoms with Gasteiger partial charge in [0, 0.05) is 44.5 Å². The Kier molecular flexibility index (Phi) is 5.90. The summed E-state index contributed by atoms with van der Waals surface area (Å²) in [5.74, 6) is -0.256. The van der Waals surface area contributed by atoms with Crippen molar-refractivity contribution in [3.8, 4) is 0 Å². The topological polar surface area (TPSA) is 68.3 Å². The van der Waals surface area contributed by atoms with E-state index in [-0.39, 0.29) is 36.6 Å². The molecule has 0 aromatic heterocycles. The zero-order valence-corrected chi connectivity index (χ0v) is 18.4. The maximum Gasteiger partial charge on any atom is 0.194 e. The van der Waals surface area contributed by atoms with E-state index in [2.05, 4.69) is 0 Å². The van der Waals surface area contributed by atoms with Gasteiger partial charge >= 0.3 is 0 Å². The van der Waals surface area contributed by atoms with Crippen LogP contribution in [-0.4, -0.2) is 23.1 Å². The summed E-state index contributed by atoms with van der Waals surface area (Å²) < 4.78 is 0. The lowest BCUT2D eigenvalue weighted by Gasteiger charge is -2.16. The Balaban J connectivity index is 0.000000152. The first kappa shape index (κ1) is 22.1. The van der Waals surface area contributed by atoms with Crippen molar-refractivity contribution in [1.82, 2.24) is 0 Å². The molecule has 0 atom stereocenters. The van der Waals surface area contributed by atoms with Crippen LogP contribution in [0.2, 0.25) is 0 Å². The molecule has 0 heterocycles. The van der Waals surface area contributed by atoms with Gasteiger partial charge in [-0.1, -0.05) is 97.1 Å². The molecule has 4 aromatic carbocycles. The van der Waals surface area contributed by atoms with E-state index in [4.69, 9.17) is 0 Å². The van der Waals surface area contributed by atoms with Gasteiger partial charge in [-0.2, -0.15) is 13.5 Å². The van der Waals surface area contributed by atoms with Crippen LogP contribution in [0, 0.1) is 0 Å². The van der Waals surface area contributed by atoms with E-state index >= 15 is 0 Å². The van der Waals surface area contributed by atoms with Crippen LogP contribution in [0.1, 0.15) is 63.7 Å². The highest BCUT2D eigenvalue weighted by molar-refractivity contribution is 7.59. The van der Waals surface area contributed by atoms with Crippen LogP contribution in [0.3, 0.4) is 0 Å². The monoisotopic (exact) mass is 450 g/mol. The van der Waals surface area contributed by atoms with Crippen LogP contribution in [0.15, 0.2) is 97.1 Å². The lowest BCUT2D eigenvalue weighted by molar-refractivity contribution is 0.0979. The number of hydrogen-bond donors (Lipinski definition) is 0. The van der Waals surface area contributed by atoms with E-state index in [0.717, 1.165) is 0 Å². The zero-order chi connectivity index (χ0) is 22.2. The molecular weight excluding hydrogens is 432 g/mol. The molecule has 0 radical (unpaired) electrons. The van der Waals surface area contributed by atoms with E-state index in [1.165, 1.54) is 0 Å². The molecule has 0 amide bonds. The average molecular weight is 451 g/mol. The summed E-state index contributed by atoms with van der Waals surface area (Å²) in [6.07, 6.45) is 0. The van der Waals surface area contributed by atoms with E-state index in [1.807, 2.05) is 0 Å². The second kappa shape index (κ2) is 8.81. The number of rotatable bonds is 0. The van der Waals surface area contributed by atoms with E-state index in [9.17, 15) is 19.2 Å². The number of carbonyl (C=O) groups excluding carboxylic acids is 4. The van der Waals surface area contributed by atoms with Crippen molar-refractivity contribution >= 4 is 36.6 Å². The molecule has 0 bridgehead atoms. The highest BCUT2D eigenvalue weighted by Crippen LogP contribution is 2.27. The Morgan fingerprint density at radius 1 is 0.273 bits per heavy atom.